The molecule has 0 atom stereocenters. The molecule has 3 aromatic heterocycles. The minimum absolute atomic E-state index is 0.175. The normalized spacial score (nSPS) is 10.9. The highest BCUT2D eigenvalue weighted by Crippen LogP contribution is 2.32. The standard InChI is InChI=1S/C16H15ClN2O3S2/c17-14-5-4-13(24-14)16-19-12(10-23-16)15(20)18-6-2-7-21-9-11-3-1-8-22-11/h1,3-5,8,10H,2,6-7,9H2,(H,18,20). The van der Waals surface area contributed by atoms with E-state index in [1.165, 1.54) is 22.7 Å². The van der Waals surface area contributed by atoms with Crippen LogP contribution in [0.5, 0.6) is 0 Å². The van der Waals surface area contributed by atoms with Crippen molar-refractivity contribution in [1.29, 1.82) is 0 Å². The summed E-state index contributed by atoms with van der Waals surface area (Å²) in [4.78, 5) is 17.4. The van der Waals surface area contributed by atoms with Gasteiger partial charge in [0, 0.05) is 18.5 Å². The van der Waals surface area contributed by atoms with E-state index in [4.69, 9.17) is 20.8 Å². The Morgan fingerprint density at radius 2 is 2.29 bits per heavy atom. The molecule has 1 N–H and O–H groups in total. The van der Waals surface area contributed by atoms with Crippen LogP contribution < -0.4 is 5.32 Å². The number of hydrogen-bond acceptors (Lipinski definition) is 6. The highest BCUT2D eigenvalue weighted by molar-refractivity contribution is 7.23. The van der Waals surface area contributed by atoms with E-state index in [1.54, 1.807) is 11.6 Å². The largest absolute Gasteiger partial charge is 0.467 e. The van der Waals surface area contributed by atoms with Gasteiger partial charge in [-0.2, -0.15) is 0 Å². The van der Waals surface area contributed by atoms with Gasteiger partial charge >= 0.3 is 0 Å². The second-order valence-electron chi connectivity index (χ2n) is 4.88. The number of rotatable bonds is 8. The molecule has 0 aliphatic carbocycles. The molecule has 0 radical (unpaired) electrons. The average molecular weight is 383 g/mol. The Balaban J connectivity index is 1.38. The van der Waals surface area contributed by atoms with Crippen molar-refractivity contribution in [1.82, 2.24) is 10.3 Å². The van der Waals surface area contributed by atoms with Gasteiger partial charge in [0.05, 0.1) is 15.5 Å². The Bertz CT molecular complexity index is 783. The predicted molar refractivity (Wildman–Crippen MR) is 95.8 cm³/mol. The van der Waals surface area contributed by atoms with Gasteiger partial charge in [-0.1, -0.05) is 11.6 Å². The SMILES string of the molecule is O=C(NCCCOCc1ccco1)c1csc(-c2ccc(Cl)s2)n1. The lowest BCUT2D eigenvalue weighted by molar-refractivity contribution is 0.0913. The quantitative estimate of drug-likeness (QED) is 0.584. The first kappa shape index (κ1) is 17.2. The van der Waals surface area contributed by atoms with Crippen molar-refractivity contribution < 1.29 is 13.9 Å². The Hall–Kier alpha value is -1.67. The maximum Gasteiger partial charge on any atom is 0.270 e. The van der Waals surface area contributed by atoms with Gasteiger partial charge in [-0.05, 0) is 30.7 Å². The fourth-order valence-corrected chi connectivity index (χ4v) is 3.87. The van der Waals surface area contributed by atoms with Crippen molar-refractivity contribution in [3.05, 3.63) is 51.7 Å². The molecule has 0 spiro atoms. The van der Waals surface area contributed by atoms with Crippen LogP contribution in [0.15, 0.2) is 40.3 Å². The molecule has 3 rings (SSSR count). The van der Waals surface area contributed by atoms with Crippen LogP contribution in [0.3, 0.4) is 0 Å². The molecular weight excluding hydrogens is 368 g/mol. The third-order valence-electron chi connectivity index (χ3n) is 3.10. The van der Waals surface area contributed by atoms with E-state index < -0.39 is 0 Å². The number of aromatic nitrogens is 1. The number of carbonyl (C=O) groups excluding carboxylic acids is 1. The number of hydrogen-bond donors (Lipinski definition) is 1. The van der Waals surface area contributed by atoms with E-state index in [1.807, 2.05) is 24.3 Å². The van der Waals surface area contributed by atoms with E-state index in [0.717, 1.165) is 22.1 Å². The van der Waals surface area contributed by atoms with Gasteiger partial charge in [-0.3, -0.25) is 4.79 Å². The third kappa shape index (κ3) is 4.67. The van der Waals surface area contributed by atoms with Crippen LogP contribution in [0, 0.1) is 0 Å². The van der Waals surface area contributed by atoms with Crippen molar-refractivity contribution in [2.75, 3.05) is 13.2 Å². The maximum atomic E-state index is 12.1. The molecule has 126 valence electrons. The Morgan fingerprint density at radius 3 is 3.04 bits per heavy atom. The van der Waals surface area contributed by atoms with E-state index in [0.29, 0.717) is 29.8 Å². The number of amides is 1. The Kier molecular flexibility index (Phi) is 6.03. The molecule has 8 heteroatoms. The summed E-state index contributed by atoms with van der Waals surface area (Å²) in [5.41, 5.74) is 0.427. The molecule has 3 heterocycles. The monoisotopic (exact) mass is 382 g/mol. The Morgan fingerprint density at radius 1 is 1.38 bits per heavy atom. The molecule has 0 aromatic carbocycles. The summed E-state index contributed by atoms with van der Waals surface area (Å²) in [6.45, 7) is 1.53. The molecule has 0 fully saturated rings. The summed E-state index contributed by atoms with van der Waals surface area (Å²) in [6, 6.07) is 7.42. The molecule has 3 aromatic rings. The molecule has 5 nitrogen and oxygen atoms in total. The van der Waals surface area contributed by atoms with Crippen molar-refractivity contribution in [2.24, 2.45) is 0 Å². The third-order valence-corrected chi connectivity index (χ3v) is 5.34. The number of thiophene rings is 1. The van der Waals surface area contributed by atoms with Crippen molar-refractivity contribution >= 4 is 40.2 Å². The van der Waals surface area contributed by atoms with E-state index in [2.05, 4.69) is 10.3 Å². The number of nitrogens with zero attached hydrogens (tertiary/aromatic N) is 1. The first-order chi connectivity index (χ1) is 11.7. The molecule has 0 aliphatic rings. The molecular formula is C16H15ClN2O3S2. The van der Waals surface area contributed by atoms with Gasteiger partial charge in [0.2, 0.25) is 0 Å². The van der Waals surface area contributed by atoms with Gasteiger partial charge < -0.3 is 14.5 Å². The lowest BCUT2D eigenvalue weighted by Crippen LogP contribution is -2.25. The number of halogens is 1. The van der Waals surface area contributed by atoms with Crippen LogP contribution in [0.1, 0.15) is 22.7 Å². The number of carbonyl (C=O) groups is 1. The smallest absolute Gasteiger partial charge is 0.270 e. The second-order valence-corrected chi connectivity index (χ2v) is 7.46. The minimum Gasteiger partial charge on any atom is -0.467 e. The summed E-state index contributed by atoms with van der Waals surface area (Å²) < 4.78 is 11.3. The van der Waals surface area contributed by atoms with Gasteiger partial charge in [0.25, 0.3) is 5.91 Å². The fraction of sp³-hybridized carbons (Fsp3) is 0.250. The minimum atomic E-state index is -0.175. The topological polar surface area (TPSA) is 64.4 Å². The van der Waals surface area contributed by atoms with E-state index in [9.17, 15) is 4.79 Å². The highest BCUT2D eigenvalue weighted by atomic mass is 35.5. The van der Waals surface area contributed by atoms with Gasteiger partial charge in [-0.25, -0.2) is 4.98 Å². The maximum absolute atomic E-state index is 12.1. The summed E-state index contributed by atoms with van der Waals surface area (Å²) in [7, 11) is 0. The van der Waals surface area contributed by atoms with Gasteiger partial charge in [0.15, 0.2) is 0 Å². The predicted octanol–water partition coefficient (Wildman–Crippen LogP) is 4.45. The van der Waals surface area contributed by atoms with Crippen LogP contribution in [-0.2, 0) is 11.3 Å². The zero-order valence-corrected chi connectivity index (χ0v) is 15.0. The molecule has 1 amide bonds. The first-order valence-electron chi connectivity index (χ1n) is 7.32. The number of thiazole rings is 1. The van der Waals surface area contributed by atoms with Gasteiger partial charge in [0.1, 0.15) is 23.1 Å². The van der Waals surface area contributed by atoms with Crippen molar-refractivity contribution in [3.8, 4) is 9.88 Å². The summed E-state index contributed by atoms with van der Waals surface area (Å²) in [5, 5.41) is 5.40. The number of nitrogens with one attached hydrogen (secondary N) is 1. The Labute approximate surface area is 152 Å². The summed E-state index contributed by atoms with van der Waals surface area (Å²) >= 11 is 8.80. The van der Waals surface area contributed by atoms with Gasteiger partial charge in [-0.15, -0.1) is 22.7 Å². The molecule has 0 aliphatic heterocycles. The van der Waals surface area contributed by atoms with E-state index >= 15 is 0 Å². The highest BCUT2D eigenvalue weighted by Gasteiger charge is 2.12. The summed E-state index contributed by atoms with van der Waals surface area (Å²) in [5.74, 6) is 0.619. The lowest BCUT2D eigenvalue weighted by Gasteiger charge is -2.04. The molecule has 0 saturated heterocycles. The average Bonchev–Trinajstić information content (AvgIpc) is 3.31. The lowest BCUT2D eigenvalue weighted by atomic mass is 10.4. The van der Waals surface area contributed by atoms with Crippen LogP contribution in [-0.4, -0.2) is 24.0 Å². The zero-order chi connectivity index (χ0) is 16.8. The molecule has 0 saturated carbocycles. The van der Waals surface area contributed by atoms with E-state index in [-0.39, 0.29) is 5.91 Å². The molecule has 24 heavy (non-hydrogen) atoms. The van der Waals surface area contributed by atoms with Crippen LogP contribution >= 0.6 is 34.3 Å². The fourth-order valence-electron chi connectivity index (χ4n) is 1.95. The van der Waals surface area contributed by atoms with Crippen LogP contribution in [0.4, 0.5) is 0 Å². The van der Waals surface area contributed by atoms with Crippen LogP contribution in [0.25, 0.3) is 9.88 Å². The van der Waals surface area contributed by atoms with Crippen molar-refractivity contribution in [2.45, 2.75) is 13.0 Å². The molecule has 0 unspecified atom stereocenters. The summed E-state index contributed by atoms with van der Waals surface area (Å²) in [6.07, 6.45) is 2.34. The first-order valence-corrected chi connectivity index (χ1v) is 9.39. The van der Waals surface area contributed by atoms with Crippen molar-refractivity contribution in [3.63, 3.8) is 0 Å². The zero-order valence-electron chi connectivity index (χ0n) is 12.7. The number of furan rings is 1. The number of ether oxygens (including phenoxy) is 1. The van der Waals surface area contributed by atoms with Crippen LogP contribution in [0.2, 0.25) is 4.34 Å². The second kappa shape index (κ2) is 8.43. The molecule has 0 bridgehead atoms.